The fourth-order valence-corrected chi connectivity index (χ4v) is 2.32. The van der Waals surface area contributed by atoms with Crippen LogP contribution in [-0.2, 0) is 6.54 Å². The van der Waals surface area contributed by atoms with Crippen LogP contribution >= 0.6 is 15.9 Å². The molecule has 100 valence electrons. The molecular formula is C15H12BrN3O. The average Bonchev–Trinajstić information content (AvgIpc) is 2.97. The molecular weight excluding hydrogens is 318 g/mol. The molecule has 1 heterocycles. The molecule has 0 spiro atoms. The Morgan fingerprint density at radius 3 is 2.65 bits per heavy atom. The third kappa shape index (κ3) is 2.64. The van der Waals surface area contributed by atoms with E-state index in [1.54, 1.807) is 0 Å². The summed E-state index contributed by atoms with van der Waals surface area (Å²) < 4.78 is 6.31. The molecule has 0 bridgehead atoms. The first kappa shape index (κ1) is 13.0. The van der Waals surface area contributed by atoms with Crippen LogP contribution in [0.5, 0.6) is 0 Å². The van der Waals surface area contributed by atoms with E-state index >= 15 is 0 Å². The standard InChI is InChI=1S/C15H12BrN3O/c16-13-6-2-4-11(8-13)14-18-15(20-19-14)12-5-1-3-10(7-12)9-17/h1-8H,9,17H2. The number of halogens is 1. The molecule has 0 radical (unpaired) electrons. The van der Waals surface area contributed by atoms with Gasteiger partial charge >= 0.3 is 0 Å². The van der Waals surface area contributed by atoms with E-state index in [9.17, 15) is 0 Å². The second-order valence-electron chi connectivity index (χ2n) is 4.34. The number of rotatable bonds is 3. The predicted molar refractivity (Wildman–Crippen MR) is 80.8 cm³/mol. The molecule has 0 aliphatic heterocycles. The highest BCUT2D eigenvalue weighted by molar-refractivity contribution is 9.10. The molecule has 2 N–H and O–H groups in total. The summed E-state index contributed by atoms with van der Waals surface area (Å²) in [5.74, 6) is 1.06. The largest absolute Gasteiger partial charge is 0.334 e. The number of aromatic nitrogens is 2. The molecule has 20 heavy (non-hydrogen) atoms. The summed E-state index contributed by atoms with van der Waals surface area (Å²) in [5.41, 5.74) is 8.45. The molecule has 0 saturated heterocycles. The summed E-state index contributed by atoms with van der Waals surface area (Å²) >= 11 is 3.43. The highest BCUT2D eigenvalue weighted by Crippen LogP contribution is 2.24. The van der Waals surface area contributed by atoms with Crippen LogP contribution in [0.4, 0.5) is 0 Å². The number of nitrogens with zero attached hydrogens (tertiary/aromatic N) is 2. The summed E-state index contributed by atoms with van der Waals surface area (Å²) in [6, 6.07) is 15.6. The van der Waals surface area contributed by atoms with Crippen LogP contribution in [0.1, 0.15) is 5.56 Å². The Morgan fingerprint density at radius 1 is 1.05 bits per heavy atom. The summed E-state index contributed by atoms with van der Waals surface area (Å²) in [7, 11) is 0. The van der Waals surface area contributed by atoms with E-state index in [0.717, 1.165) is 21.2 Å². The van der Waals surface area contributed by atoms with Gasteiger partial charge < -0.3 is 10.3 Å². The molecule has 3 aromatic rings. The number of benzene rings is 2. The monoisotopic (exact) mass is 329 g/mol. The molecule has 0 unspecified atom stereocenters. The quantitative estimate of drug-likeness (QED) is 0.796. The van der Waals surface area contributed by atoms with E-state index < -0.39 is 0 Å². The lowest BCUT2D eigenvalue weighted by Gasteiger charge is -1.98. The Bertz CT molecular complexity index is 739. The Hall–Kier alpha value is -1.98. The van der Waals surface area contributed by atoms with Crippen molar-refractivity contribution in [1.29, 1.82) is 0 Å². The van der Waals surface area contributed by atoms with Crippen molar-refractivity contribution in [2.24, 2.45) is 5.73 Å². The van der Waals surface area contributed by atoms with Crippen molar-refractivity contribution >= 4 is 15.9 Å². The second-order valence-corrected chi connectivity index (χ2v) is 5.25. The van der Waals surface area contributed by atoms with E-state index in [1.165, 1.54) is 0 Å². The van der Waals surface area contributed by atoms with Gasteiger partial charge in [0.2, 0.25) is 5.82 Å². The lowest BCUT2D eigenvalue weighted by molar-refractivity contribution is 0.432. The number of hydrogen-bond donors (Lipinski definition) is 1. The van der Waals surface area contributed by atoms with Crippen LogP contribution < -0.4 is 5.73 Å². The summed E-state index contributed by atoms with van der Waals surface area (Å²) in [4.78, 5) is 4.43. The van der Waals surface area contributed by atoms with E-state index in [1.807, 2.05) is 48.5 Å². The minimum absolute atomic E-state index is 0.487. The topological polar surface area (TPSA) is 64.9 Å². The highest BCUT2D eigenvalue weighted by atomic mass is 79.9. The molecule has 0 aliphatic rings. The third-order valence-corrected chi connectivity index (χ3v) is 3.41. The molecule has 2 aromatic carbocycles. The predicted octanol–water partition coefficient (Wildman–Crippen LogP) is 3.62. The van der Waals surface area contributed by atoms with Crippen LogP contribution in [0, 0.1) is 0 Å². The zero-order chi connectivity index (χ0) is 13.9. The molecule has 4 nitrogen and oxygen atoms in total. The van der Waals surface area contributed by atoms with E-state index in [-0.39, 0.29) is 0 Å². The lowest BCUT2D eigenvalue weighted by atomic mass is 10.1. The van der Waals surface area contributed by atoms with Crippen LogP contribution in [0.2, 0.25) is 0 Å². The number of hydrogen-bond acceptors (Lipinski definition) is 4. The minimum atomic E-state index is 0.487. The Morgan fingerprint density at radius 2 is 1.85 bits per heavy atom. The van der Waals surface area contributed by atoms with Gasteiger partial charge in [0.05, 0.1) is 0 Å². The molecule has 0 amide bonds. The first-order valence-corrected chi connectivity index (χ1v) is 6.94. The maximum atomic E-state index is 5.64. The van der Waals surface area contributed by atoms with Crippen LogP contribution in [0.15, 0.2) is 57.5 Å². The van der Waals surface area contributed by atoms with Gasteiger partial charge in [-0.05, 0) is 29.8 Å². The zero-order valence-electron chi connectivity index (χ0n) is 10.6. The Labute approximate surface area is 124 Å². The Balaban J connectivity index is 1.97. The van der Waals surface area contributed by atoms with Gasteiger partial charge in [-0.15, -0.1) is 0 Å². The van der Waals surface area contributed by atoms with Crippen molar-refractivity contribution in [3.8, 4) is 22.8 Å². The fraction of sp³-hybridized carbons (Fsp3) is 0.0667. The molecule has 0 fully saturated rings. The normalized spacial score (nSPS) is 10.7. The molecule has 0 saturated carbocycles. The summed E-state index contributed by atoms with van der Waals surface area (Å²) in [5, 5.41) is 4.02. The van der Waals surface area contributed by atoms with Crippen molar-refractivity contribution in [1.82, 2.24) is 10.1 Å². The zero-order valence-corrected chi connectivity index (χ0v) is 12.2. The van der Waals surface area contributed by atoms with Crippen LogP contribution in [-0.4, -0.2) is 10.1 Å². The van der Waals surface area contributed by atoms with Crippen LogP contribution in [0.3, 0.4) is 0 Å². The molecule has 1 aromatic heterocycles. The van der Waals surface area contributed by atoms with Gasteiger partial charge in [0.15, 0.2) is 0 Å². The summed E-state index contributed by atoms with van der Waals surface area (Å²) in [6.07, 6.45) is 0. The van der Waals surface area contributed by atoms with E-state index in [2.05, 4.69) is 26.1 Å². The third-order valence-electron chi connectivity index (χ3n) is 2.92. The first-order chi connectivity index (χ1) is 9.76. The second kappa shape index (κ2) is 5.56. The SMILES string of the molecule is NCc1cccc(-c2nc(-c3cccc(Br)c3)no2)c1. The smallest absolute Gasteiger partial charge is 0.258 e. The van der Waals surface area contributed by atoms with Gasteiger partial charge in [0, 0.05) is 22.1 Å². The lowest BCUT2D eigenvalue weighted by Crippen LogP contribution is -1.95. The van der Waals surface area contributed by atoms with Gasteiger partial charge in [0.1, 0.15) is 0 Å². The van der Waals surface area contributed by atoms with Crippen molar-refractivity contribution in [2.75, 3.05) is 0 Å². The molecule has 3 rings (SSSR count). The highest BCUT2D eigenvalue weighted by Gasteiger charge is 2.11. The van der Waals surface area contributed by atoms with Gasteiger partial charge in [-0.1, -0.05) is 45.4 Å². The first-order valence-electron chi connectivity index (χ1n) is 6.15. The van der Waals surface area contributed by atoms with Crippen molar-refractivity contribution < 1.29 is 4.52 Å². The van der Waals surface area contributed by atoms with Crippen molar-refractivity contribution in [2.45, 2.75) is 6.54 Å². The minimum Gasteiger partial charge on any atom is -0.334 e. The van der Waals surface area contributed by atoms with Gasteiger partial charge in [-0.25, -0.2) is 0 Å². The van der Waals surface area contributed by atoms with Crippen LogP contribution in [0.25, 0.3) is 22.8 Å². The fourth-order valence-electron chi connectivity index (χ4n) is 1.92. The average molecular weight is 330 g/mol. The number of nitrogens with two attached hydrogens (primary N) is 1. The molecule has 0 aliphatic carbocycles. The van der Waals surface area contributed by atoms with Gasteiger partial charge in [0.25, 0.3) is 5.89 Å². The van der Waals surface area contributed by atoms with E-state index in [4.69, 9.17) is 10.3 Å². The van der Waals surface area contributed by atoms with E-state index in [0.29, 0.717) is 18.3 Å². The van der Waals surface area contributed by atoms with Gasteiger partial charge in [-0.3, -0.25) is 0 Å². The maximum Gasteiger partial charge on any atom is 0.258 e. The maximum absolute atomic E-state index is 5.64. The molecule has 0 atom stereocenters. The van der Waals surface area contributed by atoms with Gasteiger partial charge in [-0.2, -0.15) is 4.98 Å². The van der Waals surface area contributed by atoms with Crippen molar-refractivity contribution in [3.05, 3.63) is 58.6 Å². The summed E-state index contributed by atoms with van der Waals surface area (Å²) in [6.45, 7) is 0.487. The van der Waals surface area contributed by atoms with Crippen molar-refractivity contribution in [3.63, 3.8) is 0 Å². The Kier molecular flexibility index (Phi) is 3.62. The molecule has 5 heteroatoms.